The molecule has 0 fully saturated rings. The van der Waals surface area contributed by atoms with E-state index in [4.69, 9.17) is 0 Å². The lowest BCUT2D eigenvalue weighted by molar-refractivity contribution is -0.0125. The third kappa shape index (κ3) is 2.89. The highest BCUT2D eigenvalue weighted by atomic mass is 16.7. The molecule has 0 aromatic carbocycles. The Bertz CT molecular complexity index is 188. The SMILES string of the molecule is NC(=O)ON(C(N)=O)C(N)=O. The Hall–Kier alpha value is -1.99. The lowest BCUT2D eigenvalue weighted by atomic mass is 10.9. The Kier molecular flexibility index (Phi) is 2.66. The first-order valence-corrected chi connectivity index (χ1v) is 2.31. The molecule has 0 unspecified atom stereocenters. The van der Waals surface area contributed by atoms with Crippen molar-refractivity contribution in [2.75, 3.05) is 0 Å². The molecule has 0 aliphatic rings. The second-order valence-corrected chi connectivity index (χ2v) is 1.38. The molecule has 8 nitrogen and oxygen atoms in total. The summed E-state index contributed by atoms with van der Waals surface area (Å²) in [6, 6.07) is -2.65. The molecular formula is C3H6N4O4. The third-order valence-corrected chi connectivity index (χ3v) is 0.582. The molecule has 0 bridgehead atoms. The molecule has 0 aromatic heterocycles. The predicted octanol–water partition coefficient (Wildman–Crippen LogP) is -1.54. The molecule has 0 atom stereocenters. The number of urea groups is 2. The van der Waals surface area contributed by atoms with E-state index in [1.165, 1.54) is 0 Å². The smallest absolute Gasteiger partial charge is 0.349 e. The van der Waals surface area contributed by atoms with Crippen LogP contribution in [0.4, 0.5) is 14.4 Å². The third-order valence-electron chi connectivity index (χ3n) is 0.582. The number of hydrogen-bond acceptors (Lipinski definition) is 4. The molecule has 0 saturated heterocycles. The molecule has 5 amide bonds. The molecule has 11 heavy (non-hydrogen) atoms. The fourth-order valence-corrected chi connectivity index (χ4v) is 0.289. The molecule has 0 heterocycles. The van der Waals surface area contributed by atoms with Gasteiger partial charge in [-0.1, -0.05) is 5.06 Å². The number of carbonyl (C=O) groups excluding carboxylic acids is 3. The molecule has 0 aromatic rings. The van der Waals surface area contributed by atoms with Crippen LogP contribution in [-0.2, 0) is 4.84 Å². The summed E-state index contributed by atoms with van der Waals surface area (Å²) in [7, 11) is 0. The molecule has 0 aliphatic carbocycles. The molecule has 0 aliphatic heterocycles. The van der Waals surface area contributed by atoms with Crippen molar-refractivity contribution < 1.29 is 19.2 Å². The van der Waals surface area contributed by atoms with Crippen LogP contribution in [0.3, 0.4) is 0 Å². The molecule has 0 saturated carbocycles. The van der Waals surface area contributed by atoms with Crippen LogP contribution in [0, 0.1) is 0 Å². The first kappa shape index (κ1) is 9.01. The van der Waals surface area contributed by atoms with E-state index < -0.39 is 18.2 Å². The number of imide groups is 1. The van der Waals surface area contributed by atoms with Gasteiger partial charge in [0.2, 0.25) is 0 Å². The van der Waals surface area contributed by atoms with E-state index in [1.54, 1.807) is 0 Å². The van der Waals surface area contributed by atoms with Gasteiger partial charge in [-0.15, -0.1) is 0 Å². The van der Waals surface area contributed by atoms with Crippen LogP contribution in [0.2, 0.25) is 0 Å². The highest BCUT2D eigenvalue weighted by Gasteiger charge is 2.19. The molecular weight excluding hydrogens is 156 g/mol. The van der Waals surface area contributed by atoms with Gasteiger partial charge in [-0.25, -0.2) is 14.4 Å². The Morgan fingerprint density at radius 2 is 1.36 bits per heavy atom. The number of amides is 5. The summed E-state index contributed by atoms with van der Waals surface area (Å²) in [5.74, 6) is 0. The van der Waals surface area contributed by atoms with E-state index in [-0.39, 0.29) is 5.06 Å². The lowest BCUT2D eigenvalue weighted by Crippen LogP contribution is -2.46. The minimum atomic E-state index is -1.36. The quantitative estimate of drug-likeness (QED) is 0.371. The fraction of sp³-hybridized carbons (Fsp3) is 0. The monoisotopic (exact) mass is 162 g/mol. The van der Waals surface area contributed by atoms with Crippen LogP contribution in [-0.4, -0.2) is 23.2 Å². The topological polar surface area (TPSA) is 142 Å². The van der Waals surface area contributed by atoms with E-state index in [9.17, 15) is 14.4 Å². The standard InChI is InChI=1S/C3H6N4O4/c4-1(8)7(2(5)9)11-3(6)10/h(H2,4,8)(H2,5,9)(H2,6,10). The maximum absolute atomic E-state index is 10.2. The highest BCUT2D eigenvalue weighted by Crippen LogP contribution is 1.88. The first-order valence-electron chi connectivity index (χ1n) is 2.31. The summed E-state index contributed by atoms with van der Waals surface area (Å²) < 4.78 is 0. The van der Waals surface area contributed by atoms with Crippen molar-refractivity contribution in [1.29, 1.82) is 0 Å². The Labute approximate surface area is 60.8 Å². The Balaban J connectivity index is 4.23. The minimum Gasteiger partial charge on any atom is -0.349 e. The number of rotatable bonds is 0. The van der Waals surface area contributed by atoms with Gasteiger partial charge in [0.25, 0.3) is 0 Å². The zero-order valence-corrected chi connectivity index (χ0v) is 5.31. The average Bonchev–Trinajstić information content (AvgIpc) is 1.81. The van der Waals surface area contributed by atoms with Gasteiger partial charge < -0.3 is 22.0 Å². The van der Waals surface area contributed by atoms with Crippen LogP contribution in [0.1, 0.15) is 0 Å². The van der Waals surface area contributed by atoms with E-state index in [2.05, 4.69) is 22.0 Å². The number of carbonyl (C=O) groups is 3. The summed E-state index contributed by atoms with van der Waals surface area (Å²) in [4.78, 5) is 34.1. The number of nitrogens with zero attached hydrogens (tertiary/aromatic N) is 1. The van der Waals surface area contributed by atoms with Gasteiger partial charge in [0, 0.05) is 0 Å². The zero-order valence-electron chi connectivity index (χ0n) is 5.31. The van der Waals surface area contributed by atoms with Gasteiger partial charge >= 0.3 is 18.2 Å². The second kappa shape index (κ2) is 3.25. The number of hydroxylamine groups is 2. The van der Waals surface area contributed by atoms with Crippen molar-refractivity contribution in [3.63, 3.8) is 0 Å². The average molecular weight is 162 g/mol. The summed E-state index contributed by atoms with van der Waals surface area (Å²) in [6.07, 6.45) is -1.36. The van der Waals surface area contributed by atoms with Crippen molar-refractivity contribution in [3.8, 4) is 0 Å². The molecule has 8 heteroatoms. The van der Waals surface area contributed by atoms with E-state index in [1.807, 2.05) is 0 Å². The highest BCUT2D eigenvalue weighted by molar-refractivity contribution is 5.91. The summed E-state index contributed by atoms with van der Waals surface area (Å²) in [6.45, 7) is 0. The predicted molar refractivity (Wildman–Crippen MR) is 31.7 cm³/mol. The second-order valence-electron chi connectivity index (χ2n) is 1.38. The van der Waals surface area contributed by atoms with Crippen molar-refractivity contribution in [1.82, 2.24) is 5.06 Å². The van der Waals surface area contributed by atoms with E-state index in [0.717, 1.165) is 0 Å². The van der Waals surface area contributed by atoms with Gasteiger partial charge in [-0.05, 0) is 0 Å². The lowest BCUT2D eigenvalue weighted by Gasteiger charge is -2.11. The van der Waals surface area contributed by atoms with Crippen molar-refractivity contribution in [2.24, 2.45) is 17.2 Å². The molecule has 0 rings (SSSR count). The van der Waals surface area contributed by atoms with Crippen molar-refractivity contribution in [3.05, 3.63) is 0 Å². The molecule has 62 valence electrons. The number of primary amides is 3. The van der Waals surface area contributed by atoms with Crippen LogP contribution in [0.5, 0.6) is 0 Å². The van der Waals surface area contributed by atoms with Gasteiger partial charge in [0.05, 0.1) is 0 Å². The maximum atomic E-state index is 10.2. The van der Waals surface area contributed by atoms with Gasteiger partial charge in [0.1, 0.15) is 0 Å². The minimum absolute atomic E-state index is 0.164. The van der Waals surface area contributed by atoms with Crippen LogP contribution >= 0.6 is 0 Å². The Morgan fingerprint density at radius 1 is 1.00 bits per heavy atom. The largest absolute Gasteiger partial charge is 0.429 e. The van der Waals surface area contributed by atoms with Gasteiger partial charge in [-0.3, -0.25) is 0 Å². The summed E-state index contributed by atoms with van der Waals surface area (Å²) >= 11 is 0. The van der Waals surface area contributed by atoms with Crippen LogP contribution in [0.25, 0.3) is 0 Å². The fourth-order valence-electron chi connectivity index (χ4n) is 0.289. The van der Waals surface area contributed by atoms with Gasteiger partial charge in [-0.2, -0.15) is 0 Å². The van der Waals surface area contributed by atoms with Crippen LogP contribution < -0.4 is 17.2 Å². The number of hydrogen-bond donors (Lipinski definition) is 3. The first-order chi connectivity index (χ1) is 4.95. The van der Waals surface area contributed by atoms with Crippen molar-refractivity contribution >= 4 is 18.2 Å². The zero-order chi connectivity index (χ0) is 9.02. The van der Waals surface area contributed by atoms with Gasteiger partial charge in [0.15, 0.2) is 0 Å². The van der Waals surface area contributed by atoms with E-state index >= 15 is 0 Å². The summed E-state index contributed by atoms with van der Waals surface area (Å²) in [5, 5.41) is -0.164. The number of nitrogens with two attached hydrogens (primary N) is 3. The molecule has 0 spiro atoms. The molecule has 0 radical (unpaired) electrons. The van der Waals surface area contributed by atoms with Crippen molar-refractivity contribution in [2.45, 2.75) is 0 Å². The summed E-state index contributed by atoms with van der Waals surface area (Å²) in [5.41, 5.74) is 13.5. The van der Waals surface area contributed by atoms with Crippen LogP contribution in [0.15, 0.2) is 0 Å². The Morgan fingerprint density at radius 3 is 1.45 bits per heavy atom. The normalized spacial score (nSPS) is 8.36. The van der Waals surface area contributed by atoms with E-state index in [0.29, 0.717) is 0 Å². The maximum Gasteiger partial charge on any atom is 0.429 e. The molecule has 6 N–H and O–H groups in total.